The summed E-state index contributed by atoms with van der Waals surface area (Å²) < 4.78 is 27.3. The Kier molecular flexibility index (Phi) is 4.53. The van der Waals surface area contributed by atoms with Crippen LogP contribution in [0.2, 0.25) is 0 Å². The van der Waals surface area contributed by atoms with E-state index in [9.17, 15) is 18.3 Å². The van der Waals surface area contributed by atoms with Crippen molar-refractivity contribution in [3.05, 3.63) is 36.5 Å². The topological polar surface area (TPSA) is 90.8 Å². The van der Waals surface area contributed by atoms with Gasteiger partial charge in [-0.2, -0.15) is 4.31 Å². The number of fused-ring (bicyclic) bond motifs is 1. The summed E-state index contributed by atoms with van der Waals surface area (Å²) >= 11 is 0. The second-order valence-electron chi connectivity index (χ2n) is 5.73. The Hall–Kier alpha value is -2.03. The van der Waals surface area contributed by atoms with Crippen molar-refractivity contribution in [2.24, 2.45) is 0 Å². The van der Waals surface area contributed by atoms with Crippen LogP contribution in [0.4, 0.5) is 0 Å². The number of sulfonamides is 1. The van der Waals surface area contributed by atoms with E-state index < -0.39 is 16.1 Å². The van der Waals surface area contributed by atoms with Gasteiger partial charge in [0.2, 0.25) is 10.0 Å². The summed E-state index contributed by atoms with van der Waals surface area (Å²) in [4.78, 5) is 17.7. The number of aliphatic hydroxyl groups excluding tert-OH is 1. The predicted octanol–water partition coefficient (Wildman–Crippen LogP) is 0.448. The first-order valence-corrected chi connectivity index (χ1v) is 9.16. The van der Waals surface area contributed by atoms with E-state index in [0.717, 1.165) is 0 Å². The number of aromatic nitrogens is 1. The van der Waals surface area contributed by atoms with Gasteiger partial charge in [-0.15, -0.1) is 0 Å². The maximum Gasteiger partial charge on any atom is 0.251 e. The number of carbonyl (C=O) groups excluding carboxylic acids is 1. The molecule has 0 radical (unpaired) electrons. The van der Waals surface area contributed by atoms with Crippen LogP contribution in [0.1, 0.15) is 6.92 Å². The van der Waals surface area contributed by atoms with Crippen LogP contribution in [0.5, 0.6) is 0 Å². The van der Waals surface area contributed by atoms with Gasteiger partial charge in [0.25, 0.3) is 5.91 Å². The highest BCUT2D eigenvalue weighted by atomic mass is 32.2. The van der Waals surface area contributed by atoms with Gasteiger partial charge in [0, 0.05) is 37.8 Å². The lowest BCUT2D eigenvalue weighted by Crippen LogP contribution is -2.52. The maximum absolute atomic E-state index is 13.0. The second-order valence-corrected chi connectivity index (χ2v) is 7.64. The summed E-state index contributed by atoms with van der Waals surface area (Å²) in [5.74, 6) is -0.374. The molecule has 1 aliphatic rings. The molecule has 8 heteroatoms. The SMILES string of the molecule is CC(O)C(=O)N1CCN(S(=O)(=O)c2cccc3ncccc23)CC1. The Morgan fingerprint density at radius 3 is 2.54 bits per heavy atom. The van der Waals surface area contributed by atoms with E-state index in [1.54, 1.807) is 36.5 Å². The molecule has 2 aromatic rings. The lowest BCUT2D eigenvalue weighted by molar-refractivity contribution is -0.140. The third-order valence-electron chi connectivity index (χ3n) is 4.13. The third-order valence-corrected chi connectivity index (χ3v) is 6.09. The molecule has 1 fully saturated rings. The number of nitrogens with zero attached hydrogens (tertiary/aromatic N) is 3. The molecule has 1 atom stereocenters. The van der Waals surface area contributed by atoms with Crippen molar-refractivity contribution in [2.75, 3.05) is 26.2 Å². The molecule has 0 bridgehead atoms. The van der Waals surface area contributed by atoms with Crippen molar-refractivity contribution in [2.45, 2.75) is 17.9 Å². The van der Waals surface area contributed by atoms with E-state index in [-0.39, 0.29) is 37.0 Å². The zero-order valence-electron chi connectivity index (χ0n) is 13.3. The summed E-state index contributed by atoms with van der Waals surface area (Å²) in [7, 11) is -3.67. The van der Waals surface area contributed by atoms with Crippen LogP contribution >= 0.6 is 0 Å². The first-order valence-electron chi connectivity index (χ1n) is 7.72. The van der Waals surface area contributed by atoms with Crippen LogP contribution in [0.25, 0.3) is 10.9 Å². The van der Waals surface area contributed by atoms with Gasteiger partial charge in [0.05, 0.1) is 10.4 Å². The summed E-state index contributed by atoms with van der Waals surface area (Å²) in [6, 6.07) is 8.47. The summed E-state index contributed by atoms with van der Waals surface area (Å²) in [5, 5.41) is 9.95. The Labute approximate surface area is 140 Å². The molecule has 0 saturated carbocycles. The Bertz CT molecular complexity index is 853. The minimum Gasteiger partial charge on any atom is -0.384 e. The van der Waals surface area contributed by atoms with Gasteiger partial charge in [-0.3, -0.25) is 9.78 Å². The maximum atomic E-state index is 13.0. The largest absolute Gasteiger partial charge is 0.384 e. The van der Waals surface area contributed by atoms with E-state index >= 15 is 0 Å². The molecule has 3 rings (SSSR count). The molecule has 1 amide bonds. The number of benzene rings is 1. The minimum atomic E-state index is -3.67. The van der Waals surface area contributed by atoms with Crippen molar-refractivity contribution >= 4 is 26.8 Å². The van der Waals surface area contributed by atoms with Gasteiger partial charge in [0.1, 0.15) is 6.10 Å². The number of amides is 1. The molecule has 128 valence electrons. The van der Waals surface area contributed by atoms with E-state index in [1.165, 1.54) is 16.1 Å². The molecule has 1 aromatic heterocycles. The fourth-order valence-electron chi connectivity index (χ4n) is 2.85. The molecular weight excluding hydrogens is 330 g/mol. The summed E-state index contributed by atoms with van der Waals surface area (Å²) in [6.45, 7) is 2.36. The number of aliphatic hydroxyl groups is 1. The van der Waals surface area contributed by atoms with Crippen molar-refractivity contribution in [1.82, 2.24) is 14.2 Å². The van der Waals surface area contributed by atoms with Gasteiger partial charge in [0.15, 0.2) is 0 Å². The minimum absolute atomic E-state index is 0.206. The lowest BCUT2D eigenvalue weighted by Gasteiger charge is -2.34. The number of hydrogen-bond acceptors (Lipinski definition) is 5. The van der Waals surface area contributed by atoms with Crippen molar-refractivity contribution in [1.29, 1.82) is 0 Å². The zero-order chi connectivity index (χ0) is 17.3. The van der Waals surface area contributed by atoms with Crippen LogP contribution in [-0.4, -0.2) is 65.9 Å². The standard InChI is InChI=1S/C16H19N3O4S/c1-12(20)16(21)18-8-10-19(11-9-18)24(22,23)15-6-2-5-14-13(15)4-3-7-17-14/h2-7,12,20H,8-11H2,1H3. The van der Waals surface area contributed by atoms with Crippen molar-refractivity contribution in [3.8, 4) is 0 Å². The number of piperazine rings is 1. The van der Waals surface area contributed by atoms with Gasteiger partial charge in [-0.25, -0.2) is 8.42 Å². The molecule has 1 aromatic carbocycles. The molecule has 2 heterocycles. The van der Waals surface area contributed by atoms with Crippen molar-refractivity contribution < 1.29 is 18.3 Å². The summed E-state index contributed by atoms with van der Waals surface area (Å²) in [5.41, 5.74) is 0.626. The normalized spacial score (nSPS) is 17.8. The molecule has 1 unspecified atom stereocenters. The van der Waals surface area contributed by atoms with Gasteiger partial charge in [-0.1, -0.05) is 6.07 Å². The molecular formula is C16H19N3O4S. The van der Waals surface area contributed by atoms with Crippen LogP contribution in [0.3, 0.4) is 0 Å². The number of carbonyl (C=O) groups is 1. The smallest absolute Gasteiger partial charge is 0.251 e. The molecule has 1 N–H and O–H groups in total. The monoisotopic (exact) mass is 349 g/mol. The van der Waals surface area contributed by atoms with Crippen LogP contribution in [0, 0.1) is 0 Å². The molecule has 0 aliphatic carbocycles. The highest BCUT2D eigenvalue weighted by Crippen LogP contribution is 2.25. The molecule has 1 saturated heterocycles. The number of hydrogen-bond donors (Lipinski definition) is 1. The first-order chi connectivity index (χ1) is 11.4. The van der Waals surface area contributed by atoms with E-state index in [0.29, 0.717) is 10.9 Å². The van der Waals surface area contributed by atoms with Gasteiger partial charge < -0.3 is 10.0 Å². The first kappa shape index (κ1) is 16.8. The Balaban J connectivity index is 1.86. The van der Waals surface area contributed by atoms with Crippen LogP contribution in [0.15, 0.2) is 41.4 Å². The Morgan fingerprint density at radius 1 is 1.17 bits per heavy atom. The van der Waals surface area contributed by atoms with E-state index in [2.05, 4.69) is 4.98 Å². The van der Waals surface area contributed by atoms with Gasteiger partial charge >= 0.3 is 0 Å². The molecule has 0 spiro atoms. The third kappa shape index (κ3) is 3.00. The predicted molar refractivity (Wildman–Crippen MR) is 88.8 cm³/mol. The Morgan fingerprint density at radius 2 is 1.88 bits per heavy atom. The molecule has 24 heavy (non-hydrogen) atoms. The number of rotatable bonds is 3. The van der Waals surface area contributed by atoms with E-state index in [1.807, 2.05) is 0 Å². The van der Waals surface area contributed by atoms with Gasteiger partial charge in [-0.05, 0) is 31.2 Å². The second kappa shape index (κ2) is 6.46. The fourth-order valence-corrected chi connectivity index (χ4v) is 4.48. The van der Waals surface area contributed by atoms with E-state index in [4.69, 9.17) is 0 Å². The van der Waals surface area contributed by atoms with Crippen LogP contribution < -0.4 is 0 Å². The fraction of sp³-hybridized carbons (Fsp3) is 0.375. The lowest BCUT2D eigenvalue weighted by atomic mass is 10.2. The average Bonchev–Trinajstić information content (AvgIpc) is 2.60. The zero-order valence-corrected chi connectivity index (χ0v) is 14.1. The van der Waals surface area contributed by atoms with Crippen LogP contribution in [-0.2, 0) is 14.8 Å². The molecule has 1 aliphatic heterocycles. The quantitative estimate of drug-likeness (QED) is 0.869. The average molecular weight is 349 g/mol. The molecule has 7 nitrogen and oxygen atoms in total. The highest BCUT2D eigenvalue weighted by molar-refractivity contribution is 7.89. The van der Waals surface area contributed by atoms with Crippen molar-refractivity contribution in [3.63, 3.8) is 0 Å². The highest BCUT2D eigenvalue weighted by Gasteiger charge is 2.31. The number of pyridine rings is 1. The summed E-state index contributed by atoms with van der Waals surface area (Å²) in [6.07, 6.45) is 0.552.